The highest BCUT2D eigenvalue weighted by atomic mass is 16.5. The summed E-state index contributed by atoms with van der Waals surface area (Å²) in [5.41, 5.74) is 5.38. The van der Waals surface area contributed by atoms with Gasteiger partial charge in [0, 0.05) is 24.1 Å². The largest absolute Gasteiger partial charge is 0.494 e. The van der Waals surface area contributed by atoms with E-state index in [1.807, 2.05) is 71.6 Å². The van der Waals surface area contributed by atoms with Crippen molar-refractivity contribution in [1.82, 2.24) is 0 Å². The maximum atomic E-state index is 14.1. The van der Waals surface area contributed by atoms with Gasteiger partial charge in [-0.2, -0.15) is 0 Å². The molecule has 0 spiro atoms. The first-order valence-corrected chi connectivity index (χ1v) is 14.8. The fourth-order valence-corrected chi connectivity index (χ4v) is 5.87. The number of fused-ring (bicyclic) bond motifs is 1. The Morgan fingerprint density at radius 1 is 0.850 bits per heavy atom. The van der Waals surface area contributed by atoms with Gasteiger partial charge in [-0.3, -0.25) is 14.5 Å². The number of ether oxygens (including phenoxy) is 1. The molecule has 5 heteroatoms. The maximum absolute atomic E-state index is 14.1. The molecule has 3 aromatic rings. The van der Waals surface area contributed by atoms with Crippen molar-refractivity contribution in [2.45, 2.75) is 77.2 Å². The molecule has 0 radical (unpaired) electrons. The summed E-state index contributed by atoms with van der Waals surface area (Å²) in [5.74, 6) is 1.03. The molecule has 0 bridgehead atoms. The third-order valence-corrected chi connectivity index (χ3v) is 7.98. The smallest absolute Gasteiger partial charge is 0.227 e. The maximum Gasteiger partial charge on any atom is 0.227 e. The van der Waals surface area contributed by atoms with E-state index in [1.54, 1.807) is 0 Å². The molecule has 1 amide bonds. The highest BCUT2D eigenvalue weighted by Gasteiger charge is 2.41. The Hall–Kier alpha value is -3.86. The highest BCUT2D eigenvalue weighted by Crippen LogP contribution is 2.47. The SMILES string of the molecule is CCCCCC(=O)N1c2ccccc2NC2=C(C(=O)CC(c3ccccc3)C2)C1c1ccc(OCCCC)cc1. The minimum Gasteiger partial charge on any atom is -0.494 e. The third-order valence-electron chi connectivity index (χ3n) is 7.98. The zero-order chi connectivity index (χ0) is 27.9. The molecule has 1 heterocycles. The number of hydrogen-bond acceptors (Lipinski definition) is 4. The fraction of sp³-hybridized carbons (Fsp3) is 0.371. The summed E-state index contributed by atoms with van der Waals surface area (Å²) in [5, 5.41) is 3.63. The zero-order valence-corrected chi connectivity index (χ0v) is 23.7. The Morgan fingerprint density at radius 3 is 2.33 bits per heavy atom. The number of para-hydroxylation sites is 2. The van der Waals surface area contributed by atoms with Gasteiger partial charge in [0.25, 0.3) is 0 Å². The van der Waals surface area contributed by atoms with Crippen molar-refractivity contribution in [3.05, 3.63) is 101 Å². The third kappa shape index (κ3) is 5.99. The summed E-state index contributed by atoms with van der Waals surface area (Å²) in [4.78, 5) is 30.0. The molecule has 2 unspecified atom stereocenters. The Bertz CT molecular complexity index is 1350. The molecule has 0 fully saturated rings. The predicted molar refractivity (Wildman–Crippen MR) is 162 cm³/mol. The van der Waals surface area contributed by atoms with Crippen molar-refractivity contribution < 1.29 is 14.3 Å². The van der Waals surface area contributed by atoms with Crippen LogP contribution < -0.4 is 15.0 Å². The molecule has 0 saturated carbocycles. The van der Waals surface area contributed by atoms with Crippen molar-refractivity contribution in [2.24, 2.45) is 0 Å². The number of nitrogens with one attached hydrogen (secondary N) is 1. The number of rotatable bonds is 10. The van der Waals surface area contributed by atoms with Crippen LogP contribution in [0.2, 0.25) is 0 Å². The molecule has 1 aliphatic carbocycles. The molecule has 0 aromatic heterocycles. The van der Waals surface area contributed by atoms with E-state index >= 15 is 0 Å². The molecule has 5 rings (SSSR count). The van der Waals surface area contributed by atoms with E-state index in [0.29, 0.717) is 31.4 Å². The fourth-order valence-electron chi connectivity index (χ4n) is 5.87. The van der Waals surface area contributed by atoms with Gasteiger partial charge in [-0.15, -0.1) is 0 Å². The topological polar surface area (TPSA) is 58.6 Å². The van der Waals surface area contributed by atoms with Crippen molar-refractivity contribution in [2.75, 3.05) is 16.8 Å². The minimum absolute atomic E-state index is 0.0442. The second-order valence-corrected chi connectivity index (χ2v) is 10.9. The summed E-state index contributed by atoms with van der Waals surface area (Å²) >= 11 is 0. The van der Waals surface area contributed by atoms with Crippen LogP contribution in [-0.4, -0.2) is 18.3 Å². The Balaban J connectivity index is 1.60. The normalized spacial score (nSPS) is 18.4. The number of unbranched alkanes of at least 4 members (excludes halogenated alkanes) is 3. The van der Waals surface area contributed by atoms with Gasteiger partial charge in [-0.05, 0) is 60.6 Å². The number of anilines is 2. The van der Waals surface area contributed by atoms with Gasteiger partial charge in [0.15, 0.2) is 5.78 Å². The van der Waals surface area contributed by atoms with Gasteiger partial charge in [0.1, 0.15) is 5.75 Å². The molecular formula is C35H40N2O3. The van der Waals surface area contributed by atoms with Crippen molar-refractivity contribution >= 4 is 23.1 Å². The van der Waals surface area contributed by atoms with E-state index in [0.717, 1.165) is 60.5 Å². The van der Waals surface area contributed by atoms with Gasteiger partial charge in [-0.25, -0.2) is 0 Å². The molecule has 2 aliphatic rings. The van der Waals surface area contributed by atoms with Crippen molar-refractivity contribution in [3.8, 4) is 5.75 Å². The van der Waals surface area contributed by atoms with Gasteiger partial charge in [-0.1, -0.05) is 87.7 Å². The Kier molecular flexibility index (Phi) is 9.00. The van der Waals surface area contributed by atoms with Crippen LogP contribution >= 0.6 is 0 Å². The molecule has 0 saturated heterocycles. The quantitative estimate of drug-likeness (QED) is 0.265. The number of hydrogen-bond donors (Lipinski definition) is 1. The second-order valence-electron chi connectivity index (χ2n) is 10.9. The van der Waals surface area contributed by atoms with Crippen LogP contribution in [0.25, 0.3) is 0 Å². The van der Waals surface area contributed by atoms with Crippen LogP contribution in [0.3, 0.4) is 0 Å². The van der Waals surface area contributed by atoms with Gasteiger partial charge < -0.3 is 10.1 Å². The predicted octanol–water partition coefficient (Wildman–Crippen LogP) is 8.35. The van der Waals surface area contributed by atoms with Crippen molar-refractivity contribution in [1.29, 1.82) is 0 Å². The molecule has 5 nitrogen and oxygen atoms in total. The van der Waals surface area contributed by atoms with Crippen molar-refractivity contribution in [3.63, 3.8) is 0 Å². The number of carbonyl (C=O) groups excluding carboxylic acids is 2. The molecule has 3 aromatic carbocycles. The zero-order valence-electron chi connectivity index (χ0n) is 23.7. The number of carbonyl (C=O) groups is 2. The van der Waals surface area contributed by atoms with E-state index in [4.69, 9.17) is 4.74 Å². The molecule has 1 aliphatic heterocycles. The van der Waals surface area contributed by atoms with Crippen LogP contribution in [0.4, 0.5) is 11.4 Å². The van der Waals surface area contributed by atoms with Crippen LogP contribution in [-0.2, 0) is 9.59 Å². The minimum atomic E-state index is -0.505. The lowest BCUT2D eigenvalue weighted by Gasteiger charge is -2.35. The first-order chi connectivity index (χ1) is 19.6. The summed E-state index contributed by atoms with van der Waals surface area (Å²) < 4.78 is 5.93. The lowest BCUT2D eigenvalue weighted by molar-refractivity contribution is -0.119. The average Bonchev–Trinajstić information content (AvgIpc) is 3.13. The molecule has 1 N–H and O–H groups in total. The molecule has 40 heavy (non-hydrogen) atoms. The summed E-state index contributed by atoms with van der Waals surface area (Å²) in [6.45, 7) is 4.96. The summed E-state index contributed by atoms with van der Waals surface area (Å²) in [6.07, 6.45) is 6.53. The number of nitrogens with zero attached hydrogens (tertiary/aromatic N) is 1. The lowest BCUT2D eigenvalue weighted by atomic mass is 9.78. The van der Waals surface area contributed by atoms with E-state index in [1.165, 1.54) is 5.56 Å². The van der Waals surface area contributed by atoms with Crippen LogP contribution in [0, 0.1) is 0 Å². The van der Waals surface area contributed by atoms with Gasteiger partial charge >= 0.3 is 0 Å². The number of allylic oxidation sites excluding steroid dienone is 1. The molecular weight excluding hydrogens is 496 g/mol. The summed E-state index contributed by atoms with van der Waals surface area (Å²) in [6, 6.07) is 25.7. The first kappa shape index (κ1) is 27.7. The molecule has 208 valence electrons. The monoisotopic (exact) mass is 536 g/mol. The van der Waals surface area contributed by atoms with Crippen LogP contribution in [0.15, 0.2) is 90.1 Å². The number of ketones is 1. The average molecular weight is 537 g/mol. The van der Waals surface area contributed by atoms with E-state index in [9.17, 15) is 9.59 Å². The van der Waals surface area contributed by atoms with E-state index < -0.39 is 6.04 Å². The lowest BCUT2D eigenvalue weighted by Crippen LogP contribution is -2.38. The second kappa shape index (κ2) is 13.0. The van der Waals surface area contributed by atoms with Gasteiger partial charge in [0.2, 0.25) is 5.91 Å². The van der Waals surface area contributed by atoms with Gasteiger partial charge in [0.05, 0.1) is 24.0 Å². The number of amides is 1. The van der Waals surface area contributed by atoms with Crippen LogP contribution in [0.1, 0.15) is 88.3 Å². The number of benzene rings is 3. The van der Waals surface area contributed by atoms with E-state index in [-0.39, 0.29) is 17.6 Å². The Morgan fingerprint density at radius 2 is 1.57 bits per heavy atom. The highest BCUT2D eigenvalue weighted by molar-refractivity contribution is 6.06. The standard InChI is InChI=1S/C35H40N2O3/c1-3-5-8-17-33(39)37-31-16-12-11-15-29(31)36-30-23-27(25-13-9-7-10-14-25)24-32(38)34(30)35(37)26-18-20-28(21-19-26)40-22-6-4-2/h7,9-16,18-21,27,35-36H,3-6,8,17,22-24H2,1-2H3. The summed E-state index contributed by atoms with van der Waals surface area (Å²) in [7, 11) is 0. The van der Waals surface area contributed by atoms with E-state index in [2.05, 4.69) is 31.3 Å². The Labute approximate surface area is 238 Å². The van der Waals surface area contributed by atoms with Crippen LogP contribution in [0.5, 0.6) is 5.75 Å². The first-order valence-electron chi connectivity index (χ1n) is 14.8. The molecule has 2 atom stereocenters. The number of Topliss-reactive ketones (excluding diaryl/α,β-unsaturated/α-hetero) is 1.